The van der Waals surface area contributed by atoms with Crippen LogP contribution in [0, 0.1) is 16.7 Å². The number of Topliss-reactive ketones (excluding diaryl/α,β-unsaturated/α-hetero) is 1. The largest absolute Gasteiger partial charge is 0.480 e. The maximum Gasteiger partial charge on any atom is 0.317 e. The van der Waals surface area contributed by atoms with Crippen molar-refractivity contribution >= 4 is 11.8 Å². The molecule has 14 heavy (non-hydrogen) atoms. The molecule has 2 atom stereocenters. The lowest BCUT2D eigenvalue weighted by molar-refractivity contribution is -0.158. The average molecular weight is 198 g/mol. The minimum absolute atomic E-state index is 0.123. The summed E-state index contributed by atoms with van der Waals surface area (Å²) in [6.07, 6.45) is 1.27. The maximum atomic E-state index is 11.7. The number of hydrogen-bond donors (Lipinski definition) is 1. The first kappa shape index (κ1) is 11.2. The topological polar surface area (TPSA) is 54.4 Å². The monoisotopic (exact) mass is 198 g/mol. The van der Waals surface area contributed by atoms with E-state index in [4.69, 9.17) is 0 Å². The molecule has 0 aromatic rings. The van der Waals surface area contributed by atoms with Crippen molar-refractivity contribution < 1.29 is 14.7 Å². The standard InChI is InChI=1S/C11H18O3/c1-5-7-6-8(12)11(4,9(13)14)10(7,2)3/h7H,5-6H2,1-4H3,(H,13,14). The van der Waals surface area contributed by atoms with Gasteiger partial charge in [0, 0.05) is 6.42 Å². The lowest BCUT2D eigenvalue weighted by Gasteiger charge is -2.36. The second kappa shape index (κ2) is 3.07. The number of carbonyl (C=O) groups excluding carboxylic acids is 1. The molecule has 0 aliphatic heterocycles. The Hall–Kier alpha value is -0.860. The SMILES string of the molecule is CCC1CC(=O)C(C)(C(=O)O)C1(C)C. The van der Waals surface area contributed by atoms with Gasteiger partial charge in [0.1, 0.15) is 5.41 Å². The Morgan fingerprint density at radius 3 is 2.21 bits per heavy atom. The van der Waals surface area contributed by atoms with Crippen molar-refractivity contribution in [2.24, 2.45) is 16.7 Å². The van der Waals surface area contributed by atoms with Gasteiger partial charge >= 0.3 is 5.97 Å². The summed E-state index contributed by atoms with van der Waals surface area (Å²) >= 11 is 0. The summed E-state index contributed by atoms with van der Waals surface area (Å²) < 4.78 is 0. The van der Waals surface area contributed by atoms with Gasteiger partial charge < -0.3 is 5.11 Å². The fraction of sp³-hybridized carbons (Fsp3) is 0.818. The molecule has 80 valence electrons. The molecule has 0 bridgehead atoms. The summed E-state index contributed by atoms with van der Waals surface area (Å²) in [4.78, 5) is 22.9. The van der Waals surface area contributed by atoms with Gasteiger partial charge in [0.2, 0.25) is 0 Å². The van der Waals surface area contributed by atoms with Gasteiger partial charge in [-0.25, -0.2) is 0 Å². The van der Waals surface area contributed by atoms with E-state index in [0.717, 1.165) is 6.42 Å². The van der Waals surface area contributed by atoms with Gasteiger partial charge in [-0.1, -0.05) is 27.2 Å². The van der Waals surface area contributed by atoms with Crippen molar-refractivity contribution in [1.82, 2.24) is 0 Å². The van der Waals surface area contributed by atoms with Crippen LogP contribution in [0.1, 0.15) is 40.5 Å². The third-order valence-corrected chi connectivity index (χ3v) is 4.22. The van der Waals surface area contributed by atoms with Crippen molar-refractivity contribution in [1.29, 1.82) is 0 Å². The predicted octanol–water partition coefficient (Wildman–Crippen LogP) is 2.10. The summed E-state index contributed by atoms with van der Waals surface area (Å²) in [6.45, 7) is 7.35. The Morgan fingerprint density at radius 1 is 1.50 bits per heavy atom. The molecular formula is C11H18O3. The van der Waals surface area contributed by atoms with Crippen LogP contribution in [-0.2, 0) is 9.59 Å². The molecule has 1 fully saturated rings. The third kappa shape index (κ3) is 1.11. The van der Waals surface area contributed by atoms with Gasteiger partial charge in [-0.3, -0.25) is 9.59 Å². The Bertz CT molecular complexity index is 280. The first-order valence-corrected chi connectivity index (χ1v) is 5.05. The lowest BCUT2D eigenvalue weighted by atomic mass is 9.65. The Labute approximate surface area is 84.5 Å². The Balaban J connectivity index is 3.19. The highest BCUT2D eigenvalue weighted by Crippen LogP contribution is 2.54. The molecule has 3 heteroatoms. The second-order valence-corrected chi connectivity index (χ2v) is 4.88. The van der Waals surface area contributed by atoms with Crippen LogP contribution < -0.4 is 0 Å². The molecule has 1 aliphatic carbocycles. The number of aliphatic carboxylic acids is 1. The fourth-order valence-electron chi connectivity index (χ4n) is 2.50. The first-order chi connectivity index (χ1) is 6.28. The molecule has 0 spiro atoms. The van der Waals surface area contributed by atoms with Crippen molar-refractivity contribution in [3.8, 4) is 0 Å². The number of carboxylic acid groups (broad SMARTS) is 1. The Morgan fingerprint density at radius 2 is 2.00 bits per heavy atom. The van der Waals surface area contributed by atoms with Crippen LogP contribution in [0.3, 0.4) is 0 Å². The number of carbonyl (C=O) groups is 2. The molecule has 1 aliphatic rings. The van der Waals surface area contributed by atoms with Gasteiger partial charge in [0.15, 0.2) is 5.78 Å². The zero-order valence-electron chi connectivity index (χ0n) is 9.26. The van der Waals surface area contributed by atoms with E-state index < -0.39 is 16.8 Å². The fourth-order valence-corrected chi connectivity index (χ4v) is 2.50. The van der Waals surface area contributed by atoms with E-state index in [2.05, 4.69) is 0 Å². The first-order valence-electron chi connectivity index (χ1n) is 5.05. The highest BCUT2D eigenvalue weighted by Gasteiger charge is 2.61. The van der Waals surface area contributed by atoms with E-state index in [9.17, 15) is 14.7 Å². The smallest absolute Gasteiger partial charge is 0.317 e. The van der Waals surface area contributed by atoms with Gasteiger partial charge in [-0.05, 0) is 18.3 Å². The van der Waals surface area contributed by atoms with Gasteiger partial charge in [-0.2, -0.15) is 0 Å². The highest BCUT2D eigenvalue weighted by molar-refractivity contribution is 6.05. The van der Waals surface area contributed by atoms with Crippen LogP contribution in [0.5, 0.6) is 0 Å². The van der Waals surface area contributed by atoms with Crippen LogP contribution in [0.25, 0.3) is 0 Å². The summed E-state index contributed by atoms with van der Waals surface area (Å²) in [5.41, 5.74) is -1.64. The molecule has 0 heterocycles. The molecular weight excluding hydrogens is 180 g/mol. The van der Waals surface area contributed by atoms with Crippen LogP contribution >= 0.6 is 0 Å². The zero-order valence-corrected chi connectivity index (χ0v) is 9.26. The Kier molecular flexibility index (Phi) is 2.46. The number of carboxylic acids is 1. The van der Waals surface area contributed by atoms with Crippen LogP contribution in [0.15, 0.2) is 0 Å². The van der Waals surface area contributed by atoms with E-state index in [0.29, 0.717) is 6.42 Å². The van der Waals surface area contributed by atoms with Gasteiger partial charge in [0.25, 0.3) is 0 Å². The highest BCUT2D eigenvalue weighted by atomic mass is 16.4. The number of ketones is 1. The van der Waals surface area contributed by atoms with E-state index in [-0.39, 0.29) is 11.7 Å². The molecule has 0 amide bonds. The van der Waals surface area contributed by atoms with E-state index in [1.807, 2.05) is 20.8 Å². The molecule has 0 aromatic carbocycles. The molecule has 1 N–H and O–H groups in total. The van der Waals surface area contributed by atoms with Crippen molar-refractivity contribution in [3.05, 3.63) is 0 Å². The van der Waals surface area contributed by atoms with Crippen LogP contribution in [0.4, 0.5) is 0 Å². The molecule has 1 saturated carbocycles. The molecule has 0 saturated heterocycles. The maximum absolute atomic E-state index is 11.7. The van der Waals surface area contributed by atoms with Crippen LogP contribution in [0.2, 0.25) is 0 Å². The molecule has 3 nitrogen and oxygen atoms in total. The summed E-state index contributed by atoms with van der Waals surface area (Å²) in [6, 6.07) is 0. The van der Waals surface area contributed by atoms with Gasteiger partial charge in [-0.15, -0.1) is 0 Å². The van der Waals surface area contributed by atoms with Crippen molar-refractivity contribution in [2.75, 3.05) is 0 Å². The molecule has 0 radical (unpaired) electrons. The zero-order chi connectivity index (χ0) is 11.1. The predicted molar refractivity (Wildman–Crippen MR) is 52.9 cm³/mol. The summed E-state index contributed by atoms with van der Waals surface area (Å²) in [7, 11) is 0. The number of hydrogen-bond acceptors (Lipinski definition) is 2. The summed E-state index contributed by atoms with van der Waals surface area (Å²) in [5, 5.41) is 9.17. The minimum atomic E-state index is -1.20. The van der Waals surface area contributed by atoms with Crippen molar-refractivity contribution in [2.45, 2.75) is 40.5 Å². The number of rotatable bonds is 2. The molecule has 0 aromatic heterocycles. The second-order valence-electron chi connectivity index (χ2n) is 4.88. The molecule has 1 rings (SSSR count). The van der Waals surface area contributed by atoms with E-state index in [1.165, 1.54) is 0 Å². The third-order valence-electron chi connectivity index (χ3n) is 4.22. The van der Waals surface area contributed by atoms with E-state index in [1.54, 1.807) is 6.92 Å². The van der Waals surface area contributed by atoms with E-state index >= 15 is 0 Å². The quantitative estimate of drug-likeness (QED) is 0.691. The molecule has 2 unspecified atom stereocenters. The van der Waals surface area contributed by atoms with Crippen LogP contribution in [-0.4, -0.2) is 16.9 Å². The lowest BCUT2D eigenvalue weighted by Crippen LogP contribution is -2.44. The normalized spacial score (nSPS) is 36.0. The summed E-state index contributed by atoms with van der Waals surface area (Å²) in [5.74, 6) is -0.915. The van der Waals surface area contributed by atoms with Gasteiger partial charge in [0.05, 0.1) is 0 Å². The minimum Gasteiger partial charge on any atom is -0.480 e. The average Bonchev–Trinajstić information content (AvgIpc) is 2.26. The van der Waals surface area contributed by atoms with Crippen molar-refractivity contribution in [3.63, 3.8) is 0 Å².